The second-order valence-corrected chi connectivity index (χ2v) is 7.12. The summed E-state index contributed by atoms with van der Waals surface area (Å²) in [4.78, 5) is 17.4. The van der Waals surface area contributed by atoms with E-state index < -0.39 is 0 Å². The number of rotatable bonds is 3. The third-order valence-electron chi connectivity index (χ3n) is 5.61. The van der Waals surface area contributed by atoms with Gasteiger partial charge in [0, 0.05) is 31.7 Å². The van der Waals surface area contributed by atoms with E-state index in [2.05, 4.69) is 22.0 Å². The third-order valence-corrected chi connectivity index (χ3v) is 5.61. The summed E-state index contributed by atoms with van der Waals surface area (Å²) in [6.07, 6.45) is 10.1. The largest absolute Gasteiger partial charge is 0.341 e. The molecule has 0 saturated carbocycles. The lowest BCUT2D eigenvalue weighted by molar-refractivity contribution is -0.133. The van der Waals surface area contributed by atoms with Gasteiger partial charge < -0.3 is 10.2 Å². The molecule has 4 heteroatoms. The van der Waals surface area contributed by atoms with Gasteiger partial charge in [0.05, 0.1) is 6.04 Å². The van der Waals surface area contributed by atoms with Crippen LogP contribution in [0.15, 0.2) is 0 Å². The summed E-state index contributed by atoms with van der Waals surface area (Å²) in [6, 6.07) is 1.18. The quantitative estimate of drug-likeness (QED) is 0.864. The number of hydrogen-bond acceptors (Lipinski definition) is 3. The predicted molar refractivity (Wildman–Crippen MR) is 85.3 cm³/mol. The zero-order chi connectivity index (χ0) is 14.7. The van der Waals surface area contributed by atoms with Crippen molar-refractivity contribution in [3.63, 3.8) is 0 Å². The van der Waals surface area contributed by atoms with Crippen molar-refractivity contribution >= 4 is 5.91 Å². The highest BCUT2D eigenvalue weighted by Gasteiger charge is 2.37. The van der Waals surface area contributed by atoms with Crippen LogP contribution in [-0.2, 0) is 4.79 Å². The highest BCUT2D eigenvalue weighted by Crippen LogP contribution is 2.27. The van der Waals surface area contributed by atoms with Crippen molar-refractivity contribution in [2.75, 3.05) is 26.2 Å². The third kappa shape index (κ3) is 3.59. The first-order chi connectivity index (χ1) is 10.3. The Balaban J connectivity index is 1.53. The molecular formula is C17H31N3O. The lowest BCUT2D eigenvalue weighted by Crippen LogP contribution is -2.52. The molecule has 3 fully saturated rings. The number of nitrogens with one attached hydrogen (secondary N) is 1. The lowest BCUT2D eigenvalue weighted by atomic mass is 9.98. The lowest BCUT2D eigenvalue weighted by Gasteiger charge is -2.34. The van der Waals surface area contributed by atoms with Gasteiger partial charge in [-0.3, -0.25) is 9.69 Å². The molecule has 0 radical (unpaired) electrons. The van der Waals surface area contributed by atoms with Gasteiger partial charge in [-0.05, 0) is 45.6 Å². The molecule has 4 nitrogen and oxygen atoms in total. The number of likely N-dealkylation sites (tertiary alicyclic amines) is 1. The first-order valence-corrected chi connectivity index (χ1v) is 9.04. The molecule has 1 N–H and O–H groups in total. The Labute approximate surface area is 129 Å². The SMILES string of the molecule is CC(NC1CCN2CCCCC12)C(=O)N1CCCCCC1. The van der Waals surface area contributed by atoms with Gasteiger partial charge in [0.15, 0.2) is 0 Å². The van der Waals surface area contributed by atoms with Crippen LogP contribution < -0.4 is 5.32 Å². The van der Waals surface area contributed by atoms with Crippen LogP contribution in [0.25, 0.3) is 0 Å². The van der Waals surface area contributed by atoms with Gasteiger partial charge in [-0.15, -0.1) is 0 Å². The molecule has 0 spiro atoms. The molecule has 120 valence electrons. The fourth-order valence-electron chi connectivity index (χ4n) is 4.40. The van der Waals surface area contributed by atoms with Crippen LogP contribution in [0.5, 0.6) is 0 Å². The summed E-state index contributed by atoms with van der Waals surface area (Å²) in [5, 5.41) is 3.66. The molecule has 0 aliphatic carbocycles. The van der Waals surface area contributed by atoms with Gasteiger partial charge in [-0.2, -0.15) is 0 Å². The van der Waals surface area contributed by atoms with E-state index in [1.165, 1.54) is 64.5 Å². The summed E-state index contributed by atoms with van der Waals surface area (Å²) in [5.41, 5.74) is 0. The Morgan fingerprint density at radius 2 is 1.67 bits per heavy atom. The van der Waals surface area contributed by atoms with Gasteiger partial charge in [0.25, 0.3) is 0 Å². The number of amides is 1. The van der Waals surface area contributed by atoms with Crippen LogP contribution in [0.4, 0.5) is 0 Å². The molecule has 0 aromatic rings. The zero-order valence-corrected chi connectivity index (χ0v) is 13.5. The number of nitrogens with zero attached hydrogens (tertiary/aromatic N) is 2. The number of fused-ring (bicyclic) bond motifs is 1. The second-order valence-electron chi connectivity index (χ2n) is 7.12. The average molecular weight is 293 g/mol. The molecular weight excluding hydrogens is 262 g/mol. The van der Waals surface area contributed by atoms with E-state index in [0.717, 1.165) is 13.1 Å². The molecule has 0 bridgehead atoms. The van der Waals surface area contributed by atoms with Crippen LogP contribution in [0.3, 0.4) is 0 Å². The Morgan fingerprint density at radius 3 is 2.43 bits per heavy atom. The number of piperidine rings is 1. The smallest absolute Gasteiger partial charge is 0.239 e. The molecule has 3 atom stereocenters. The van der Waals surface area contributed by atoms with Crippen molar-refractivity contribution < 1.29 is 4.79 Å². The highest BCUT2D eigenvalue weighted by molar-refractivity contribution is 5.81. The standard InChI is InChI=1S/C17H31N3O/c1-14(17(21)20-11-5-2-3-6-12-20)18-15-9-13-19-10-7-4-8-16(15)19/h14-16,18H,2-13H2,1H3. The first-order valence-electron chi connectivity index (χ1n) is 9.04. The van der Waals surface area contributed by atoms with Gasteiger partial charge in [-0.1, -0.05) is 19.3 Å². The average Bonchev–Trinajstić information content (AvgIpc) is 2.74. The van der Waals surface area contributed by atoms with Gasteiger partial charge in [0.1, 0.15) is 0 Å². The van der Waals surface area contributed by atoms with E-state index in [4.69, 9.17) is 0 Å². The molecule has 3 aliphatic rings. The normalized spacial score (nSPS) is 32.5. The maximum atomic E-state index is 12.6. The number of carbonyl (C=O) groups excluding carboxylic acids is 1. The van der Waals surface area contributed by atoms with E-state index in [9.17, 15) is 4.79 Å². The summed E-state index contributed by atoms with van der Waals surface area (Å²) >= 11 is 0. The topological polar surface area (TPSA) is 35.6 Å². The summed E-state index contributed by atoms with van der Waals surface area (Å²) in [5.74, 6) is 0.325. The van der Waals surface area contributed by atoms with Crippen molar-refractivity contribution in [3.8, 4) is 0 Å². The maximum Gasteiger partial charge on any atom is 0.239 e. The Morgan fingerprint density at radius 1 is 0.952 bits per heavy atom. The minimum absolute atomic E-state index is 0.0185. The molecule has 1 amide bonds. The van der Waals surface area contributed by atoms with Gasteiger partial charge in [0.2, 0.25) is 5.91 Å². The summed E-state index contributed by atoms with van der Waals surface area (Å²) < 4.78 is 0. The molecule has 3 rings (SSSR count). The molecule has 3 saturated heterocycles. The summed E-state index contributed by atoms with van der Waals surface area (Å²) in [7, 11) is 0. The van der Waals surface area contributed by atoms with Crippen molar-refractivity contribution in [2.24, 2.45) is 0 Å². The van der Waals surface area contributed by atoms with Crippen LogP contribution in [-0.4, -0.2) is 60.0 Å². The minimum Gasteiger partial charge on any atom is -0.341 e. The van der Waals surface area contributed by atoms with E-state index in [0.29, 0.717) is 18.0 Å². The van der Waals surface area contributed by atoms with Crippen LogP contribution >= 0.6 is 0 Å². The number of carbonyl (C=O) groups is 1. The Kier molecular flexibility index (Phi) is 5.17. The van der Waals surface area contributed by atoms with Gasteiger partial charge in [-0.25, -0.2) is 0 Å². The Hall–Kier alpha value is -0.610. The van der Waals surface area contributed by atoms with Gasteiger partial charge >= 0.3 is 0 Å². The van der Waals surface area contributed by atoms with Crippen molar-refractivity contribution in [1.29, 1.82) is 0 Å². The molecule has 3 aliphatic heterocycles. The van der Waals surface area contributed by atoms with Crippen LogP contribution in [0, 0.1) is 0 Å². The molecule has 21 heavy (non-hydrogen) atoms. The summed E-state index contributed by atoms with van der Waals surface area (Å²) in [6.45, 7) is 6.47. The van der Waals surface area contributed by atoms with Crippen LogP contribution in [0.1, 0.15) is 58.3 Å². The number of hydrogen-bond donors (Lipinski definition) is 1. The van der Waals surface area contributed by atoms with E-state index in [1.54, 1.807) is 0 Å². The first kappa shape index (κ1) is 15.3. The van der Waals surface area contributed by atoms with E-state index >= 15 is 0 Å². The monoisotopic (exact) mass is 293 g/mol. The second kappa shape index (κ2) is 7.10. The van der Waals surface area contributed by atoms with Crippen molar-refractivity contribution in [1.82, 2.24) is 15.1 Å². The Bertz CT molecular complexity index is 352. The zero-order valence-electron chi connectivity index (χ0n) is 13.5. The van der Waals surface area contributed by atoms with Crippen molar-refractivity contribution in [3.05, 3.63) is 0 Å². The molecule has 0 aromatic heterocycles. The fourth-order valence-corrected chi connectivity index (χ4v) is 4.40. The van der Waals surface area contributed by atoms with E-state index in [1.807, 2.05) is 0 Å². The van der Waals surface area contributed by atoms with Crippen LogP contribution in [0.2, 0.25) is 0 Å². The maximum absolute atomic E-state index is 12.6. The highest BCUT2D eigenvalue weighted by atomic mass is 16.2. The molecule has 3 heterocycles. The predicted octanol–water partition coefficient (Wildman–Crippen LogP) is 1.99. The fraction of sp³-hybridized carbons (Fsp3) is 0.941. The molecule has 0 aromatic carbocycles. The van der Waals surface area contributed by atoms with Crippen molar-refractivity contribution in [2.45, 2.75) is 76.4 Å². The van der Waals surface area contributed by atoms with E-state index in [-0.39, 0.29) is 6.04 Å². The molecule has 3 unspecified atom stereocenters. The minimum atomic E-state index is -0.0185.